The van der Waals surface area contributed by atoms with Crippen LogP contribution in [0.4, 0.5) is 5.69 Å². The van der Waals surface area contributed by atoms with Crippen molar-refractivity contribution in [2.45, 2.75) is 45.2 Å². The Bertz CT molecular complexity index is 1020. The summed E-state index contributed by atoms with van der Waals surface area (Å²) in [4.78, 5) is 7.39. The van der Waals surface area contributed by atoms with Gasteiger partial charge in [0.05, 0.1) is 21.3 Å². The lowest BCUT2D eigenvalue weighted by atomic mass is 9.98. The Morgan fingerprint density at radius 1 is 0.935 bits per heavy atom. The Kier molecular flexibility index (Phi) is 8.89. The van der Waals surface area contributed by atoms with Crippen molar-refractivity contribution in [3.63, 3.8) is 0 Å². The molecule has 0 atom stereocenters. The number of pyridine rings is 1. The fourth-order valence-corrected chi connectivity index (χ4v) is 4.40. The summed E-state index contributed by atoms with van der Waals surface area (Å²) in [5.41, 5.74) is 4.30. The Morgan fingerprint density at radius 3 is 2.26 bits per heavy atom. The maximum Gasteiger partial charge on any atom is 0.0730 e. The van der Waals surface area contributed by atoms with E-state index in [0.29, 0.717) is 16.1 Å². The number of fused-ring (bicyclic) bond motifs is 1. The van der Waals surface area contributed by atoms with E-state index in [9.17, 15) is 0 Å². The molecule has 0 amide bonds. The number of benzene rings is 2. The number of halogens is 4. The molecule has 1 saturated heterocycles. The van der Waals surface area contributed by atoms with Crippen LogP contribution in [-0.2, 0) is 0 Å². The molecule has 0 radical (unpaired) electrons. The standard InChI is InChI=1S/C24H27Cl2N3.2ClH/c1-24(2,3)28-17-10-12-29(13-11-17)23-15-22(16-8-9-19(25)20(26)14-16)27-21-7-5-4-6-18(21)23;;/h4-9,14-15,17,28H,10-13H2,1-3H3;2*1H. The van der Waals surface area contributed by atoms with E-state index >= 15 is 0 Å². The predicted octanol–water partition coefficient (Wildman–Crippen LogP) is 7.41. The first-order valence-corrected chi connectivity index (χ1v) is 10.9. The number of aromatic nitrogens is 1. The zero-order valence-corrected chi connectivity index (χ0v) is 21.1. The molecule has 4 rings (SSSR count). The topological polar surface area (TPSA) is 28.2 Å². The fourth-order valence-electron chi connectivity index (χ4n) is 4.10. The lowest BCUT2D eigenvalue weighted by Gasteiger charge is -2.37. The Morgan fingerprint density at radius 2 is 1.61 bits per heavy atom. The predicted molar refractivity (Wildman–Crippen MR) is 140 cm³/mol. The lowest BCUT2D eigenvalue weighted by molar-refractivity contribution is 0.317. The molecular formula is C24H29Cl4N3. The van der Waals surface area contributed by atoms with Gasteiger partial charge in [0, 0.05) is 41.3 Å². The Hall–Kier alpha value is -1.23. The van der Waals surface area contributed by atoms with Crippen molar-refractivity contribution >= 4 is 64.6 Å². The number of hydrogen-bond donors (Lipinski definition) is 1. The molecule has 3 aromatic rings. The van der Waals surface area contributed by atoms with Crippen molar-refractivity contribution < 1.29 is 0 Å². The molecule has 31 heavy (non-hydrogen) atoms. The molecular weight excluding hydrogens is 472 g/mol. The number of para-hydroxylation sites is 1. The Labute approximate surface area is 207 Å². The summed E-state index contributed by atoms with van der Waals surface area (Å²) < 4.78 is 0. The van der Waals surface area contributed by atoms with Gasteiger partial charge in [-0.05, 0) is 57.9 Å². The molecule has 7 heteroatoms. The second-order valence-electron chi connectivity index (χ2n) is 8.83. The second kappa shape index (κ2) is 10.6. The van der Waals surface area contributed by atoms with Gasteiger partial charge in [-0.25, -0.2) is 4.98 Å². The summed E-state index contributed by atoms with van der Waals surface area (Å²) >= 11 is 12.4. The van der Waals surface area contributed by atoms with Gasteiger partial charge in [-0.2, -0.15) is 0 Å². The minimum absolute atomic E-state index is 0. The molecule has 0 bridgehead atoms. The average molecular weight is 501 g/mol. The highest BCUT2D eigenvalue weighted by Gasteiger charge is 2.24. The van der Waals surface area contributed by atoms with Gasteiger partial charge in [-0.1, -0.05) is 47.5 Å². The van der Waals surface area contributed by atoms with Crippen LogP contribution in [-0.4, -0.2) is 29.7 Å². The van der Waals surface area contributed by atoms with E-state index in [0.717, 1.165) is 42.7 Å². The molecule has 1 aliphatic heterocycles. The number of anilines is 1. The molecule has 0 unspecified atom stereocenters. The summed E-state index contributed by atoms with van der Waals surface area (Å²) in [6.45, 7) is 8.77. The van der Waals surface area contributed by atoms with E-state index in [2.05, 4.69) is 55.3 Å². The normalized spacial score (nSPS) is 14.8. The highest BCUT2D eigenvalue weighted by Crippen LogP contribution is 2.34. The first kappa shape index (κ1) is 26.0. The molecule has 168 valence electrons. The van der Waals surface area contributed by atoms with Crippen LogP contribution in [0.25, 0.3) is 22.2 Å². The molecule has 2 aromatic carbocycles. The van der Waals surface area contributed by atoms with Gasteiger partial charge >= 0.3 is 0 Å². The van der Waals surface area contributed by atoms with Crippen LogP contribution < -0.4 is 10.2 Å². The van der Waals surface area contributed by atoms with Crippen LogP contribution in [0.3, 0.4) is 0 Å². The molecule has 0 saturated carbocycles. The van der Waals surface area contributed by atoms with Gasteiger partial charge in [-0.15, -0.1) is 24.8 Å². The van der Waals surface area contributed by atoms with Gasteiger partial charge in [0.15, 0.2) is 0 Å². The third-order valence-electron chi connectivity index (χ3n) is 5.38. The van der Waals surface area contributed by atoms with E-state index in [1.165, 1.54) is 11.1 Å². The number of hydrogen-bond acceptors (Lipinski definition) is 3. The van der Waals surface area contributed by atoms with Crippen molar-refractivity contribution in [3.05, 3.63) is 58.6 Å². The summed E-state index contributed by atoms with van der Waals surface area (Å²) in [6.07, 6.45) is 2.27. The molecule has 0 spiro atoms. The maximum atomic E-state index is 6.26. The minimum atomic E-state index is 0. The molecule has 1 fully saturated rings. The molecule has 0 aliphatic carbocycles. The summed E-state index contributed by atoms with van der Waals surface area (Å²) in [7, 11) is 0. The zero-order chi connectivity index (χ0) is 20.6. The van der Waals surface area contributed by atoms with Crippen LogP contribution in [0, 0.1) is 0 Å². The number of piperidine rings is 1. The first-order chi connectivity index (χ1) is 13.8. The van der Waals surface area contributed by atoms with Gasteiger partial charge in [0.1, 0.15) is 0 Å². The lowest BCUT2D eigenvalue weighted by Crippen LogP contribution is -2.49. The van der Waals surface area contributed by atoms with Crippen molar-refractivity contribution in [2.24, 2.45) is 0 Å². The van der Waals surface area contributed by atoms with Gasteiger partial charge in [0.25, 0.3) is 0 Å². The fraction of sp³-hybridized carbons (Fsp3) is 0.375. The highest BCUT2D eigenvalue weighted by atomic mass is 35.5. The Balaban J connectivity index is 0.00000171. The molecule has 2 heterocycles. The number of nitrogens with one attached hydrogen (secondary N) is 1. The number of rotatable bonds is 3. The third kappa shape index (κ3) is 6.18. The van der Waals surface area contributed by atoms with Gasteiger partial charge < -0.3 is 10.2 Å². The molecule has 1 N–H and O–H groups in total. The van der Waals surface area contributed by atoms with E-state index in [1.54, 1.807) is 0 Å². The van der Waals surface area contributed by atoms with Crippen LogP contribution in [0.1, 0.15) is 33.6 Å². The van der Waals surface area contributed by atoms with Crippen molar-refractivity contribution in [3.8, 4) is 11.3 Å². The quantitative estimate of drug-likeness (QED) is 0.405. The van der Waals surface area contributed by atoms with Crippen LogP contribution >= 0.6 is 48.0 Å². The SMILES string of the molecule is CC(C)(C)NC1CCN(c2cc(-c3ccc(Cl)c(Cl)c3)nc3ccccc23)CC1.Cl.Cl. The highest BCUT2D eigenvalue weighted by molar-refractivity contribution is 6.42. The summed E-state index contributed by atoms with van der Waals surface area (Å²) in [5, 5.41) is 6.05. The van der Waals surface area contributed by atoms with Gasteiger partial charge in [-0.3, -0.25) is 0 Å². The number of nitrogens with zero attached hydrogens (tertiary/aromatic N) is 2. The van der Waals surface area contributed by atoms with E-state index in [4.69, 9.17) is 28.2 Å². The van der Waals surface area contributed by atoms with E-state index in [1.807, 2.05) is 24.3 Å². The smallest absolute Gasteiger partial charge is 0.0730 e. The minimum Gasteiger partial charge on any atom is -0.371 e. The average Bonchev–Trinajstić information content (AvgIpc) is 2.69. The van der Waals surface area contributed by atoms with Crippen molar-refractivity contribution in [1.82, 2.24) is 10.3 Å². The molecule has 3 nitrogen and oxygen atoms in total. The molecule has 1 aromatic heterocycles. The van der Waals surface area contributed by atoms with E-state index in [-0.39, 0.29) is 30.4 Å². The van der Waals surface area contributed by atoms with Crippen molar-refractivity contribution in [2.75, 3.05) is 18.0 Å². The largest absolute Gasteiger partial charge is 0.371 e. The third-order valence-corrected chi connectivity index (χ3v) is 6.12. The van der Waals surface area contributed by atoms with Gasteiger partial charge in [0.2, 0.25) is 0 Å². The molecule has 1 aliphatic rings. The summed E-state index contributed by atoms with van der Waals surface area (Å²) in [6, 6.07) is 16.8. The van der Waals surface area contributed by atoms with Crippen LogP contribution in [0.15, 0.2) is 48.5 Å². The monoisotopic (exact) mass is 499 g/mol. The zero-order valence-electron chi connectivity index (χ0n) is 18.0. The van der Waals surface area contributed by atoms with Crippen LogP contribution in [0.5, 0.6) is 0 Å². The summed E-state index contributed by atoms with van der Waals surface area (Å²) in [5.74, 6) is 0. The van der Waals surface area contributed by atoms with E-state index < -0.39 is 0 Å². The van der Waals surface area contributed by atoms with Crippen LogP contribution in [0.2, 0.25) is 10.0 Å². The van der Waals surface area contributed by atoms with Crippen molar-refractivity contribution in [1.29, 1.82) is 0 Å². The maximum absolute atomic E-state index is 6.26. The first-order valence-electron chi connectivity index (χ1n) is 10.2. The second-order valence-corrected chi connectivity index (χ2v) is 9.64.